The highest BCUT2D eigenvalue weighted by Gasteiger charge is 2.18. The standard InChI is InChI=1S/C13H7BrClFN2O2S/c14-10-6-8(4-5-11(10)15)21(19,20)18-13-3-1-2-12(16)9(13)7-17/h1-6,18H. The average Bonchev–Trinajstić information content (AvgIpc) is 2.41. The van der Waals surface area contributed by atoms with E-state index in [4.69, 9.17) is 16.9 Å². The molecule has 2 aromatic rings. The fourth-order valence-corrected chi connectivity index (χ4v) is 3.32. The molecule has 2 aromatic carbocycles. The molecular formula is C13H7BrClFN2O2S. The van der Waals surface area contributed by atoms with Crippen LogP contribution in [0.3, 0.4) is 0 Å². The lowest BCUT2D eigenvalue weighted by atomic mass is 10.2. The molecular weight excluding hydrogens is 383 g/mol. The van der Waals surface area contributed by atoms with Crippen LogP contribution in [0.1, 0.15) is 5.56 Å². The highest BCUT2D eigenvalue weighted by molar-refractivity contribution is 9.10. The molecule has 0 bridgehead atoms. The molecule has 0 saturated carbocycles. The van der Waals surface area contributed by atoms with Crippen LogP contribution < -0.4 is 4.72 Å². The van der Waals surface area contributed by atoms with Gasteiger partial charge in [-0.2, -0.15) is 5.26 Å². The predicted molar refractivity (Wildman–Crippen MR) is 81.1 cm³/mol. The highest BCUT2D eigenvalue weighted by Crippen LogP contribution is 2.27. The SMILES string of the molecule is N#Cc1c(F)cccc1NS(=O)(=O)c1ccc(Cl)c(Br)c1. The Labute approximate surface area is 134 Å². The smallest absolute Gasteiger partial charge is 0.261 e. The number of nitrogens with one attached hydrogen (secondary N) is 1. The topological polar surface area (TPSA) is 70.0 Å². The summed E-state index contributed by atoms with van der Waals surface area (Å²) in [4.78, 5) is -0.0630. The number of nitrogens with zero attached hydrogens (tertiary/aromatic N) is 1. The average molecular weight is 390 g/mol. The van der Waals surface area contributed by atoms with Crippen LogP contribution >= 0.6 is 27.5 Å². The molecule has 0 unspecified atom stereocenters. The van der Waals surface area contributed by atoms with E-state index < -0.39 is 15.8 Å². The minimum atomic E-state index is -3.96. The van der Waals surface area contributed by atoms with Crippen molar-refractivity contribution in [1.29, 1.82) is 5.26 Å². The van der Waals surface area contributed by atoms with Crippen molar-refractivity contribution in [3.63, 3.8) is 0 Å². The van der Waals surface area contributed by atoms with Crippen molar-refractivity contribution in [2.24, 2.45) is 0 Å². The third-order valence-electron chi connectivity index (χ3n) is 2.57. The van der Waals surface area contributed by atoms with E-state index in [9.17, 15) is 12.8 Å². The summed E-state index contributed by atoms with van der Waals surface area (Å²) >= 11 is 8.93. The number of hydrogen-bond acceptors (Lipinski definition) is 3. The predicted octanol–water partition coefficient (Wildman–Crippen LogP) is 3.91. The fraction of sp³-hybridized carbons (Fsp3) is 0. The number of nitriles is 1. The van der Waals surface area contributed by atoms with Gasteiger partial charge in [0.2, 0.25) is 0 Å². The molecule has 0 heterocycles. The molecule has 2 rings (SSSR count). The van der Waals surface area contributed by atoms with Crippen LogP contribution in [-0.4, -0.2) is 8.42 Å². The molecule has 0 fully saturated rings. The summed E-state index contributed by atoms with van der Waals surface area (Å²) < 4.78 is 40.5. The van der Waals surface area contributed by atoms with Gasteiger partial charge in [-0.15, -0.1) is 0 Å². The first-order valence-electron chi connectivity index (χ1n) is 5.51. The van der Waals surface area contributed by atoms with Crippen LogP contribution in [0.5, 0.6) is 0 Å². The Kier molecular flexibility index (Phi) is 4.52. The minimum Gasteiger partial charge on any atom is -0.278 e. The largest absolute Gasteiger partial charge is 0.278 e. The maximum absolute atomic E-state index is 13.5. The normalized spacial score (nSPS) is 11.0. The highest BCUT2D eigenvalue weighted by atomic mass is 79.9. The van der Waals surface area contributed by atoms with Gasteiger partial charge in [0.1, 0.15) is 17.4 Å². The molecule has 0 saturated heterocycles. The lowest BCUT2D eigenvalue weighted by Crippen LogP contribution is -2.14. The van der Waals surface area contributed by atoms with Crippen molar-refractivity contribution < 1.29 is 12.8 Å². The zero-order valence-corrected chi connectivity index (χ0v) is 13.4. The number of benzene rings is 2. The number of anilines is 1. The van der Waals surface area contributed by atoms with E-state index in [-0.39, 0.29) is 16.1 Å². The molecule has 108 valence electrons. The minimum absolute atomic E-state index is 0.0630. The van der Waals surface area contributed by atoms with Gasteiger partial charge >= 0.3 is 0 Å². The first-order valence-corrected chi connectivity index (χ1v) is 8.17. The lowest BCUT2D eigenvalue weighted by Gasteiger charge is -2.10. The van der Waals surface area contributed by atoms with Gasteiger partial charge in [-0.25, -0.2) is 12.8 Å². The first kappa shape index (κ1) is 15.8. The molecule has 21 heavy (non-hydrogen) atoms. The third-order valence-corrected chi connectivity index (χ3v) is 5.15. The van der Waals surface area contributed by atoms with Crippen molar-refractivity contribution in [3.8, 4) is 6.07 Å². The maximum Gasteiger partial charge on any atom is 0.261 e. The van der Waals surface area contributed by atoms with E-state index in [0.29, 0.717) is 9.50 Å². The van der Waals surface area contributed by atoms with Gasteiger partial charge in [-0.05, 0) is 46.3 Å². The third kappa shape index (κ3) is 3.35. The Morgan fingerprint density at radius 1 is 1.29 bits per heavy atom. The van der Waals surface area contributed by atoms with Crippen molar-refractivity contribution in [1.82, 2.24) is 0 Å². The number of halogens is 3. The summed E-state index contributed by atoms with van der Waals surface area (Å²) in [5.41, 5.74) is -0.488. The van der Waals surface area contributed by atoms with Crippen LogP contribution in [0.2, 0.25) is 5.02 Å². The second-order valence-electron chi connectivity index (χ2n) is 3.96. The van der Waals surface area contributed by atoms with Gasteiger partial charge in [-0.3, -0.25) is 4.72 Å². The number of sulfonamides is 1. The van der Waals surface area contributed by atoms with Gasteiger partial charge in [-0.1, -0.05) is 17.7 Å². The fourth-order valence-electron chi connectivity index (χ4n) is 1.57. The van der Waals surface area contributed by atoms with E-state index in [1.807, 2.05) is 0 Å². The quantitative estimate of drug-likeness (QED) is 0.865. The van der Waals surface area contributed by atoms with Gasteiger partial charge in [0.15, 0.2) is 0 Å². The maximum atomic E-state index is 13.5. The van der Waals surface area contributed by atoms with E-state index in [1.165, 1.54) is 30.3 Å². The summed E-state index contributed by atoms with van der Waals surface area (Å²) in [7, 11) is -3.96. The van der Waals surface area contributed by atoms with Crippen molar-refractivity contribution >= 4 is 43.2 Å². The number of rotatable bonds is 3. The van der Waals surface area contributed by atoms with Crippen LogP contribution in [0.25, 0.3) is 0 Å². The lowest BCUT2D eigenvalue weighted by molar-refractivity contribution is 0.601. The Balaban J connectivity index is 2.45. The van der Waals surface area contributed by atoms with Gasteiger partial charge in [0, 0.05) is 4.47 Å². The molecule has 1 N–H and O–H groups in total. The Morgan fingerprint density at radius 2 is 2.00 bits per heavy atom. The van der Waals surface area contributed by atoms with E-state index in [0.717, 1.165) is 6.07 Å². The van der Waals surface area contributed by atoms with E-state index in [1.54, 1.807) is 6.07 Å². The summed E-state index contributed by atoms with van der Waals surface area (Å²) in [6, 6.07) is 9.36. The molecule has 0 spiro atoms. The van der Waals surface area contributed by atoms with Crippen LogP contribution in [0.15, 0.2) is 45.8 Å². The Bertz CT molecular complexity index is 850. The monoisotopic (exact) mass is 388 g/mol. The van der Waals surface area contributed by atoms with Crippen LogP contribution in [-0.2, 0) is 10.0 Å². The van der Waals surface area contributed by atoms with Crippen molar-refractivity contribution in [2.75, 3.05) is 4.72 Å². The van der Waals surface area contributed by atoms with E-state index in [2.05, 4.69) is 20.7 Å². The Morgan fingerprint density at radius 3 is 2.62 bits per heavy atom. The zero-order chi connectivity index (χ0) is 15.6. The molecule has 8 heteroatoms. The van der Waals surface area contributed by atoms with Gasteiger partial charge in [0.25, 0.3) is 10.0 Å². The van der Waals surface area contributed by atoms with Gasteiger partial charge < -0.3 is 0 Å². The molecule has 0 atom stereocenters. The molecule has 0 aliphatic carbocycles. The molecule has 0 amide bonds. The second-order valence-corrected chi connectivity index (χ2v) is 6.90. The summed E-state index contributed by atoms with van der Waals surface area (Å²) in [5, 5.41) is 9.26. The molecule has 4 nitrogen and oxygen atoms in total. The summed E-state index contributed by atoms with van der Waals surface area (Å²) in [5.74, 6) is -0.796. The summed E-state index contributed by atoms with van der Waals surface area (Å²) in [6.45, 7) is 0. The molecule has 0 aromatic heterocycles. The number of hydrogen-bond donors (Lipinski definition) is 1. The molecule has 0 radical (unpaired) electrons. The summed E-state index contributed by atoms with van der Waals surface area (Å²) in [6.07, 6.45) is 0. The second kappa shape index (κ2) is 6.02. The van der Waals surface area contributed by atoms with Gasteiger partial charge in [0.05, 0.1) is 15.6 Å². The van der Waals surface area contributed by atoms with E-state index >= 15 is 0 Å². The first-order chi connectivity index (χ1) is 9.85. The Hall–Kier alpha value is -1.62. The van der Waals surface area contributed by atoms with Crippen molar-refractivity contribution in [3.05, 3.63) is 57.3 Å². The molecule has 0 aliphatic rings. The van der Waals surface area contributed by atoms with Crippen LogP contribution in [0.4, 0.5) is 10.1 Å². The zero-order valence-electron chi connectivity index (χ0n) is 10.3. The molecule has 0 aliphatic heterocycles. The van der Waals surface area contributed by atoms with Crippen molar-refractivity contribution in [2.45, 2.75) is 4.90 Å². The van der Waals surface area contributed by atoms with Crippen LogP contribution in [0, 0.1) is 17.1 Å².